The highest BCUT2D eigenvalue weighted by atomic mass is 32.1. The van der Waals surface area contributed by atoms with Crippen LogP contribution in [0.25, 0.3) is 6.08 Å². The molecular formula is C12H14N2O4S. The number of aryl methyl sites for hydroxylation is 1. The van der Waals surface area contributed by atoms with Crippen molar-refractivity contribution in [2.45, 2.75) is 25.5 Å². The van der Waals surface area contributed by atoms with Crippen molar-refractivity contribution in [1.29, 1.82) is 0 Å². The second-order valence-corrected chi connectivity index (χ2v) is 5.42. The Hall–Kier alpha value is -1.73. The third kappa shape index (κ3) is 3.18. The van der Waals surface area contributed by atoms with Crippen LogP contribution in [0.3, 0.4) is 0 Å². The molecule has 0 unspecified atom stereocenters. The van der Waals surface area contributed by atoms with Gasteiger partial charge in [0, 0.05) is 24.4 Å². The van der Waals surface area contributed by atoms with Crippen molar-refractivity contribution in [1.82, 2.24) is 9.88 Å². The van der Waals surface area contributed by atoms with Gasteiger partial charge in [0.25, 0.3) is 0 Å². The lowest BCUT2D eigenvalue weighted by atomic mass is 10.2. The number of carboxylic acid groups (broad SMARTS) is 1. The van der Waals surface area contributed by atoms with E-state index >= 15 is 0 Å². The van der Waals surface area contributed by atoms with E-state index in [2.05, 4.69) is 4.98 Å². The van der Waals surface area contributed by atoms with Gasteiger partial charge in [-0.3, -0.25) is 4.79 Å². The third-order valence-electron chi connectivity index (χ3n) is 2.88. The number of aliphatic hydroxyl groups is 1. The lowest BCUT2D eigenvalue weighted by Crippen LogP contribution is -2.39. The minimum Gasteiger partial charge on any atom is -0.480 e. The van der Waals surface area contributed by atoms with Crippen LogP contribution >= 0.6 is 11.3 Å². The van der Waals surface area contributed by atoms with Crippen molar-refractivity contribution in [3.8, 4) is 0 Å². The number of carbonyl (C=O) groups is 2. The van der Waals surface area contributed by atoms with E-state index < -0.39 is 24.0 Å². The molecule has 0 saturated carbocycles. The molecule has 2 heterocycles. The minimum atomic E-state index is -1.09. The van der Waals surface area contributed by atoms with Crippen LogP contribution in [0, 0.1) is 6.92 Å². The quantitative estimate of drug-likeness (QED) is 0.788. The summed E-state index contributed by atoms with van der Waals surface area (Å²) < 4.78 is 0. The minimum absolute atomic E-state index is 0.0518. The Labute approximate surface area is 114 Å². The molecule has 0 aliphatic carbocycles. The number of aliphatic carboxylic acids is 1. The summed E-state index contributed by atoms with van der Waals surface area (Å²) in [5, 5.41) is 21.2. The number of carbonyl (C=O) groups excluding carboxylic acids is 1. The Morgan fingerprint density at radius 2 is 2.32 bits per heavy atom. The second kappa shape index (κ2) is 5.50. The van der Waals surface area contributed by atoms with E-state index in [1.54, 1.807) is 6.08 Å². The summed E-state index contributed by atoms with van der Waals surface area (Å²) in [6.07, 6.45) is 2.14. The molecule has 2 atom stereocenters. The summed E-state index contributed by atoms with van der Waals surface area (Å²) >= 11 is 1.47. The van der Waals surface area contributed by atoms with Crippen LogP contribution < -0.4 is 0 Å². The fourth-order valence-corrected chi connectivity index (χ4v) is 2.58. The van der Waals surface area contributed by atoms with Crippen molar-refractivity contribution in [2.24, 2.45) is 0 Å². The molecule has 7 heteroatoms. The first kappa shape index (κ1) is 13.7. The molecule has 1 saturated heterocycles. The molecule has 1 aromatic heterocycles. The van der Waals surface area contributed by atoms with E-state index in [0.29, 0.717) is 5.69 Å². The van der Waals surface area contributed by atoms with Gasteiger partial charge in [-0.15, -0.1) is 11.3 Å². The number of β-amino-alcohol motifs (C(OH)–C–C–N with tert-alkyl or cyclic N) is 1. The van der Waals surface area contributed by atoms with Gasteiger partial charge in [0.1, 0.15) is 6.04 Å². The number of rotatable bonds is 3. The molecule has 2 rings (SSSR count). The maximum atomic E-state index is 11.9. The van der Waals surface area contributed by atoms with Crippen LogP contribution in [-0.4, -0.2) is 50.7 Å². The summed E-state index contributed by atoms with van der Waals surface area (Å²) in [6, 6.07) is -0.954. The van der Waals surface area contributed by atoms with Crippen LogP contribution in [0.2, 0.25) is 0 Å². The first-order chi connectivity index (χ1) is 8.97. The van der Waals surface area contributed by atoms with Gasteiger partial charge in [-0.05, 0) is 13.0 Å². The van der Waals surface area contributed by atoms with E-state index in [0.717, 1.165) is 5.01 Å². The number of aliphatic hydroxyl groups excluding tert-OH is 1. The number of thiazole rings is 1. The van der Waals surface area contributed by atoms with Gasteiger partial charge in [0.2, 0.25) is 5.91 Å². The molecule has 2 N–H and O–H groups in total. The molecular weight excluding hydrogens is 268 g/mol. The van der Waals surface area contributed by atoms with Crippen molar-refractivity contribution in [3.63, 3.8) is 0 Å². The predicted molar refractivity (Wildman–Crippen MR) is 69.6 cm³/mol. The summed E-state index contributed by atoms with van der Waals surface area (Å²) in [6.45, 7) is 1.91. The first-order valence-corrected chi connectivity index (χ1v) is 6.67. The van der Waals surface area contributed by atoms with E-state index in [-0.39, 0.29) is 13.0 Å². The number of hydrogen-bond acceptors (Lipinski definition) is 5. The van der Waals surface area contributed by atoms with E-state index in [1.807, 2.05) is 12.3 Å². The smallest absolute Gasteiger partial charge is 0.326 e. The Balaban J connectivity index is 2.06. The molecule has 0 spiro atoms. The first-order valence-electron chi connectivity index (χ1n) is 5.79. The van der Waals surface area contributed by atoms with Crippen LogP contribution in [0.1, 0.15) is 17.1 Å². The lowest BCUT2D eigenvalue weighted by molar-refractivity contribution is -0.146. The largest absolute Gasteiger partial charge is 0.480 e. The lowest BCUT2D eigenvalue weighted by Gasteiger charge is -2.18. The number of nitrogens with zero attached hydrogens (tertiary/aromatic N) is 2. The molecule has 6 nitrogen and oxygen atoms in total. The maximum absolute atomic E-state index is 11.9. The third-order valence-corrected chi connectivity index (χ3v) is 3.67. The van der Waals surface area contributed by atoms with Gasteiger partial charge in [-0.25, -0.2) is 9.78 Å². The monoisotopic (exact) mass is 282 g/mol. The normalized spacial score (nSPS) is 23.2. The zero-order valence-electron chi connectivity index (χ0n) is 10.3. The predicted octanol–water partition coefficient (Wildman–Crippen LogP) is 0.511. The summed E-state index contributed by atoms with van der Waals surface area (Å²) in [5.74, 6) is -1.52. The van der Waals surface area contributed by atoms with Crippen molar-refractivity contribution in [3.05, 3.63) is 22.2 Å². The van der Waals surface area contributed by atoms with E-state index in [1.165, 1.54) is 22.3 Å². The Morgan fingerprint density at radius 1 is 1.58 bits per heavy atom. The number of carboxylic acids is 1. The molecule has 0 radical (unpaired) electrons. The van der Waals surface area contributed by atoms with Gasteiger partial charge in [0.05, 0.1) is 16.8 Å². The molecule has 1 amide bonds. The zero-order valence-corrected chi connectivity index (χ0v) is 11.1. The average Bonchev–Trinajstić information content (AvgIpc) is 2.92. The van der Waals surface area contributed by atoms with Crippen molar-refractivity contribution < 1.29 is 19.8 Å². The van der Waals surface area contributed by atoms with E-state index in [4.69, 9.17) is 5.11 Å². The number of hydrogen-bond donors (Lipinski definition) is 2. The maximum Gasteiger partial charge on any atom is 0.326 e. The Bertz CT molecular complexity index is 526. The SMILES string of the molecule is Cc1nc(C=CC(=O)N2C[C@H](O)C[C@@H]2C(=O)O)cs1. The highest BCUT2D eigenvalue weighted by Crippen LogP contribution is 2.19. The Kier molecular flexibility index (Phi) is 3.96. The molecule has 102 valence electrons. The van der Waals surface area contributed by atoms with E-state index in [9.17, 15) is 14.7 Å². The second-order valence-electron chi connectivity index (χ2n) is 4.36. The molecule has 1 aliphatic heterocycles. The molecule has 1 fully saturated rings. The van der Waals surface area contributed by atoms with Crippen LogP contribution in [0.5, 0.6) is 0 Å². The van der Waals surface area contributed by atoms with Gasteiger partial charge >= 0.3 is 5.97 Å². The van der Waals surface area contributed by atoms with Crippen molar-refractivity contribution in [2.75, 3.05) is 6.54 Å². The number of amides is 1. The fourth-order valence-electron chi connectivity index (χ4n) is 2.00. The average molecular weight is 282 g/mol. The molecule has 19 heavy (non-hydrogen) atoms. The number of aromatic nitrogens is 1. The fraction of sp³-hybridized carbons (Fsp3) is 0.417. The van der Waals surface area contributed by atoms with Gasteiger partial charge < -0.3 is 15.1 Å². The Morgan fingerprint density at radius 3 is 2.89 bits per heavy atom. The summed E-state index contributed by atoms with van der Waals surface area (Å²) in [7, 11) is 0. The standard InChI is InChI=1S/C12H14N2O4S/c1-7-13-8(6-19-7)2-3-11(16)14-5-9(15)4-10(14)12(17)18/h2-3,6,9-10,15H,4-5H2,1H3,(H,17,18)/t9-,10-/m1/s1. The molecule has 1 aromatic rings. The molecule has 0 bridgehead atoms. The highest BCUT2D eigenvalue weighted by Gasteiger charge is 2.37. The van der Waals surface area contributed by atoms with Gasteiger partial charge in [-0.2, -0.15) is 0 Å². The topological polar surface area (TPSA) is 90.7 Å². The highest BCUT2D eigenvalue weighted by molar-refractivity contribution is 7.09. The van der Waals surface area contributed by atoms with Gasteiger partial charge in [-0.1, -0.05) is 0 Å². The van der Waals surface area contributed by atoms with Crippen LogP contribution in [-0.2, 0) is 9.59 Å². The number of likely N-dealkylation sites (tertiary alicyclic amines) is 1. The molecule has 1 aliphatic rings. The van der Waals surface area contributed by atoms with Crippen molar-refractivity contribution >= 4 is 29.3 Å². The van der Waals surface area contributed by atoms with Gasteiger partial charge in [0.15, 0.2) is 0 Å². The van der Waals surface area contributed by atoms with Crippen LogP contribution in [0.15, 0.2) is 11.5 Å². The summed E-state index contributed by atoms with van der Waals surface area (Å²) in [5.41, 5.74) is 0.669. The van der Waals surface area contributed by atoms with Crippen LogP contribution in [0.4, 0.5) is 0 Å². The zero-order chi connectivity index (χ0) is 14.0. The summed E-state index contributed by atoms with van der Waals surface area (Å²) in [4.78, 5) is 28.3. The molecule has 0 aromatic carbocycles.